The van der Waals surface area contributed by atoms with Gasteiger partial charge in [0.1, 0.15) is 11.5 Å². The van der Waals surface area contributed by atoms with Crippen molar-refractivity contribution in [1.29, 1.82) is 0 Å². The van der Waals surface area contributed by atoms with Crippen LogP contribution in [0.1, 0.15) is 17.5 Å². The topological polar surface area (TPSA) is 47.6 Å². The summed E-state index contributed by atoms with van der Waals surface area (Å²) in [6.45, 7) is 0.531. The molecule has 0 fully saturated rings. The fourth-order valence-electron chi connectivity index (χ4n) is 2.85. The van der Waals surface area contributed by atoms with Crippen LogP contribution < -0.4 is 14.8 Å². The van der Waals surface area contributed by atoms with E-state index in [1.54, 1.807) is 14.2 Å². The molecule has 0 radical (unpaired) electrons. The van der Waals surface area contributed by atoms with Gasteiger partial charge in [0, 0.05) is 13.0 Å². The molecule has 0 atom stereocenters. The summed E-state index contributed by atoms with van der Waals surface area (Å²) in [5, 5.41) is 5.25. The van der Waals surface area contributed by atoms with Gasteiger partial charge in [0.2, 0.25) is 5.91 Å². The molecule has 0 aromatic heterocycles. The summed E-state index contributed by atoms with van der Waals surface area (Å²) in [5.41, 5.74) is 2.21. The smallest absolute Gasteiger partial charge is 0.220 e. The summed E-state index contributed by atoms with van der Waals surface area (Å²) in [7, 11) is 3.31. The monoisotopic (exact) mass is 349 g/mol. The first-order valence-electron chi connectivity index (χ1n) is 8.64. The third-order valence-corrected chi connectivity index (χ3v) is 4.40. The number of hydrogen-bond donors (Lipinski definition) is 1. The van der Waals surface area contributed by atoms with Crippen molar-refractivity contribution in [1.82, 2.24) is 5.32 Å². The molecule has 0 saturated carbocycles. The molecule has 3 aromatic carbocycles. The molecule has 0 aliphatic heterocycles. The van der Waals surface area contributed by atoms with E-state index in [0.29, 0.717) is 19.4 Å². The highest BCUT2D eigenvalue weighted by Gasteiger charge is 2.04. The highest BCUT2D eigenvalue weighted by atomic mass is 16.5. The lowest BCUT2D eigenvalue weighted by molar-refractivity contribution is -0.121. The van der Waals surface area contributed by atoms with Crippen LogP contribution in [0.15, 0.2) is 60.7 Å². The maximum absolute atomic E-state index is 12.1. The molecule has 4 heteroatoms. The van der Waals surface area contributed by atoms with E-state index < -0.39 is 0 Å². The van der Waals surface area contributed by atoms with Crippen LogP contribution in [0.4, 0.5) is 0 Å². The Bertz CT molecular complexity index is 888. The highest BCUT2D eigenvalue weighted by Crippen LogP contribution is 2.21. The summed E-state index contributed by atoms with van der Waals surface area (Å²) in [4.78, 5) is 12.1. The molecule has 1 amide bonds. The zero-order valence-electron chi connectivity index (χ0n) is 15.1. The number of hydrogen-bond acceptors (Lipinski definition) is 3. The number of ether oxygens (including phenoxy) is 2. The highest BCUT2D eigenvalue weighted by molar-refractivity contribution is 5.84. The summed E-state index contributed by atoms with van der Waals surface area (Å²) in [6, 6.07) is 20.0. The first-order valence-corrected chi connectivity index (χ1v) is 8.64. The van der Waals surface area contributed by atoms with Crippen molar-refractivity contribution in [2.75, 3.05) is 14.2 Å². The number of benzene rings is 3. The van der Waals surface area contributed by atoms with E-state index in [9.17, 15) is 4.79 Å². The quantitative estimate of drug-likeness (QED) is 0.698. The van der Waals surface area contributed by atoms with Gasteiger partial charge in [-0.2, -0.15) is 0 Å². The maximum Gasteiger partial charge on any atom is 0.220 e. The average Bonchev–Trinajstić information content (AvgIpc) is 2.70. The van der Waals surface area contributed by atoms with E-state index in [1.807, 2.05) is 48.5 Å². The zero-order valence-corrected chi connectivity index (χ0v) is 15.1. The van der Waals surface area contributed by atoms with Crippen LogP contribution in [-0.2, 0) is 17.8 Å². The minimum absolute atomic E-state index is 0.0515. The Balaban J connectivity index is 1.52. The average molecular weight is 349 g/mol. The molecule has 134 valence electrons. The van der Waals surface area contributed by atoms with E-state index in [0.717, 1.165) is 33.4 Å². The van der Waals surface area contributed by atoms with Crippen LogP contribution in [0.3, 0.4) is 0 Å². The van der Waals surface area contributed by atoms with Crippen molar-refractivity contribution in [3.63, 3.8) is 0 Å². The van der Waals surface area contributed by atoms with Gasteiger partial charge in [0.25, 0.3) is 0 Å². The molecule has 3 aromatic rings. The van der Waals surface area contributed by atoms with Gasteiger partial charge >= 0.3 is 0 Å². The number of aryl methyl sites for hydroxylation is 1. The molecule has 0 unspecified atom stereocenters. The zero-order chi connectivity index (χ0) is 18.4. The minimum Gasteiger partial charge on any atom is -0.497 e. The van der Waals surface area contributed by atoms with Gasteiger partial charge in [-0.15, -0.1) is 0 Å². The number of nitrogens with one attached hydrogen (secondary N) is 1. The largest absolute Gasteiger partial charge is 0.497 e. The molecule has 4 nitrogen and oxygen atoms in total. The summed E-state index contributed by atoms with van der Waals surface area (Å²) in [6.07, 6.45) is 1.18. The predicted molar refractivity (Wildman–Crippen MR) is 104 cm³/mol. The van der Waals surface area contributed by atoms with Crippen molar-refractivity contribution in [3.05, 3.63) is 71.8 Å². The summed E-state index contributed by atoms with van der Waals surface area (Å²) >= 11 is 0. The second-order valence-corrected chi connectivity index (χ2v) is 6.17. The van der Waals surface area contributed by atoms with Crippen LogP contribution in [0.5, 0.6) is 11.5 Å². The fraction of sp³-hybridized carbons (Fsp3) is 0.227. The molecule has 0 aliphatic carbocycles. The van der Waals surface area contributed by atoms with E-state index in [4.69, 9.17) is 9.47 Å². The van der Waals surface area contributed by atoms with E-state index >= 15 is 0 Å². The van der Waals surface area contributed by atoms with Gasteiger partial charge in [-0.3, -0.25) is 4.79 Å². The molecule has 0 bridgehead atoms. The van der Waals surface area contributed by atoms with Crippen LogP contribution in [0, 0.1) is 0 Å². The molecular weight excluding hydrogens is 326 g/mol. The first-order chi connectivity index (χ1) is 12.7. The first kappa shape index (κ1) is 17.8. The maximum atomic E-state index is 12.1. The minimum atomic E-state index is 0.0515. The molecule has 0 aliphatic rings. The van der Waals surface area contributed by atoms with Gasteiger partial charge < -0.3 is 14.8 Å². The lowest BCUT2D eigenvalue weighted by atomic mass is 10.1. The van der Waals surface area contributed by atoms with Crippen molar-refractivity contribution in [2.45, 2.75) is 19.4 Å². The number of fused-ring (bicyclic) bond motifs is 1. The Morgan fingerprint density at radius 3 is 2.15 bits per heavy atom. The lowest BCUT2D eigenvalue weighted by Gasteiger charge is -2.08. The Labute approximate surface area is 153 Å². The summed E-state index contributed by atoms with van der Waals surface area (Å²) in [5.74, 6) is 1.72. The van der Waals surface area contributed by atoms with E-state index in [-0.39, 0.29) is 5.91 Å². The third kappa shape index (κ3) is 4.54. The van der Waals surface area contributed by atoms with Gasteiger partial charge in [0.15, 0.2) is 0 Å². The number of carbonyl (C=O) groups is 1. The number of methoxy groups -OCH3 is 2. The molecule has 0 heterocycles. The van der Waals surface area contributed by atoms with Gasteiger partial charge in [0.05, 0.1) is 14.2 Å². The van der Waals surface area contributed by atoms with Crippen LogP contribution in [0.2, 0.25) is 0 Å². The SMILES string of the molecule is COc1ccc(CCC(=O)NCc2ccc3cc(OC)ccc3c2)cc1. The molecule has 0 saturated heterocycles. The molecule has 1 N–H and O–H groups in total. The van der Waals surface area contributed by atoms with Gasteiger partial charge in [-0.1, -0.05) is 30.3 Å². The third-order valence-electron chi connectivity index (χ3n) is 4.40. The second kappa shape index (κ2) is 8.39. The Kier molecular flexibility index (Phi) is 5.74. The number of amides is 1. The van der Waals surface area contributed by atoms with Gasteiger partial charge in [-0.05, 0) is 58.7 Å². The molecule has 0 spiro atoms. The van der Waals surface area contributed by atoms with Gasteiger partial charge in [-0.25, -0.2) is 0 Å². The van der Waals surface area contributed by atoms with Crippen molar-refractivity contribution < 1.29 is 14.3 Å². The van der Waals surface area contributed by atoms with E-state index in [1.165, 1.54) is 0 Å². The fourth-order valence-corrected chi connectivity index (χ4v) is 2.85. The van der Waals surface area contributed by atoms with E-state index in [2.05, 4.69) is 17.4 Å². The number of carbonyl (C=O) groups excluding carboxylic acids is 1. The molecule has 3 rings (SSSR count). The second-order valence-electron chi connectivity index (χ2n) is 6.17. The standard InChI is InChI=1S/C22H23NO3/c1-25-20-9-4-16(5-10-20)6-12-22(24)23-15-17-3-7-19-14-21(26-2)11-8-18(19)13-17/h3-5,7-11,13-14H,6,12,15H2,1-2H3,(H,23,24). The van der Waals surface area contributed by atoms with Crippen molar-refractivity contribution in [3.8, 4) is 11.5 Å². The Morgan fingerprint density at radius 1 is 0.808 bits per heavy atom. The van der Waals surface area contributed by atoms with Crippen molar-refractivity contribution in [2.24, 2.45) is 0 Å². The van der Waals surface area contributed by atoms with Crippen LogP contribution in [-0.4, -0.2) is 20.1 Å². The van der Waals surface area contributed by atoms with Crippen LogP contribution in [0.25, 0.3) is 10.8 Å². The van der Waals surface area contributed by atoms with Crippen LogP contribution >= 0.6 is 0 Å². The normalized spacial score (nSPS) is 10.5. The number of rotatable bonds is 7. The Hall–Kier alpha value is -3.01. The van der Waals surface area contributed by atoms with Crippen molar-refractivity contribution >= 4 is 16.7 Å². The lowest BCUT2D eigenvalue weighted by Crippen LogP contribution is -2.22. The summed E-state index contributed by atoms with van der Waals surface area (Å²) < 4.78 is 10.4. The molecule has 26 heavy (non-hydrogen) atoms. The molecular formula is C22H23NO3. The predicted octanol–water partition coefficient (Wildman–Crippen LogP) is 4.11. The Morgan fingerprint density at radius 2 is 1.42 bits per heavy atom.